The number of halogens is 1. The minimum atomic E-state index is 0.625. The van der Waals surface area contributed by atoms with E-state index in [1.807, 2.05) is 79.7 Å². The molecule has 2 aromatic carbocycles. The van der Waals surface area contributed by atoms with Crippen LogP contribution < -0.4 is 4.90 Å². The minimum Gasteiger partial charge on any atom is -0.378 e. The molecule has 3 aromatic rings. The zero-order chi connectivity index (χ0) is 17.6. The summed E-state index contributed by atoms with van der Waals surface area (Å²) in [6.07, 6.45) is 0. The lowest BCUT2D eigenvalue weighted by molar-refractivity contribution is 1.12. The number of azo groups is 2. The normalized spacial score (nSPS) is 11.5. The molecule has 0 spiro atoms. The summed E-state index contributed by atoms with van der Waals surface area (Å²) in [4.78, 5) is 5.09. The Morgan fingerprint density at radius 1 is 0.680 bits per heavy atom. The van der Waals surface area contributed by atoms with Gasteiger partial charge in [0.2, 0.25) is 0 Å². The highest BCUT2D eigenvalue weighted by Gasteiger charge is 1.98. The highest BCUT2D eigenvalue weighted by Crippen LogP contribution is 2.24. The molecule has 0 unspecified atom stereocenters. The summed E-state index contributed by atoms with van der Waals surface area (Å²) in [6, 6.07) is 19.1. The lowest BCUT2D eigenvalue weighted by Gasteiger charge is -2.11. The first-order valence-electron chi connectivity index (χ1n) is 7.65. The highest BCUT2D eigenvalue weighted by atomic mass is 79.9. The molecule has 1 heterocycles. The van der Waals surface area contributed by atoms with Crippen molar-refractivity contribution in [2.24, 2.45) is 20.5 Å². The fourth-order valence-corrected chi connectivity index (χ4v) is 2.30. The Morgan fingerprint density at radius 3 is 1.64 bits per heavy atom. The molecule has 0 aliphatic carbocycles. The molecule has 0 aliphatic rings. The third kappa shape index (κ3) is 4.84. The van der Waals surface area contributed by atoms with Gasteiger partial charge < -0.3 is 9.88 Å². The summed E-state index contributed by atoms with van der Waals surface area (Å²) in [5, 5.41) is 16.7. The van der Waals surface area contributed by atoms with Gasteiger partial charge in [-0.05, 0) is 60.7 Å². The molecule has 7 heteroatoms. The molecule has 0 amide bonds. The van der Waals surface area contributed by atoms with Gasteiger partial charge >= 0.3 is 0 Å². The van der Waals surface area contributed by atoms with Gasteiger partial charge in [0.05, 0.1) is 11.4 Å². The second-order valence-electron chi connectivity index (χ2n) is 5.52. The van der Waals surface area contributed by atoms with Crippen LogP contribution in [0.15, 0.2) is 85.6 Å². The number of H-pyrrole nitrogens is 1. The summed E-state index contributed by atoms with van der Waals surface area (Å²) < 4.78 is 1.01. The van der Waals surface area contributed by atoms with Gasteiger partial charge in [-0.1, -0.05) is 15.9 Å². The Bertz CT molecular complexity index is 879. The smallest absolute Gasteiger partial charge is 0.154 e. The fourth-order valence-electron chi connectivity index (χ4n) is 2.04. The van der Waals surface area contributed by atoms with E-state index in [1.54, 1.807) is 0 Å². The number of benzene rings is 2. The molecule has 0 saturated heterocycles. The molecule has 0 saturated carbocycles. The lowest BCUT2D eigenvalue weighted by Crippen LogP contribution is -2.07. The van der Waals surface area contributed by atoms with Gasteiger partial charge in [0.1, 0.15) is 0 Å². The SMILES string of the molecule is CN(C)c1ccc(N=Nc2ccc(N=Nc3ccc(Br)cc3)[nH]2)cc1. The maximum absolute atomic E-state index is 4.22. The average Bonchev–Trinajstić information content (AvgIpc) is 3.08. The zero-order valence-corrected chi connectivity index (χ0v) is 15.5. The van der Waals surface area contributed by atoms with E-state index >= 15 is 0 Å². The first-order valence-corrected chi connectivity index (χ1v) is 8.45. The van der Waals surface area contributed by atoms with Gasteiger partial charge in [-0.15, -0.1) is 20.5 Å². The van der Waals surface area contributed by atoms with Crippen molar-refractivity contribution in [2.75, 3.05) is 19.0 Å². The van der Waals surface area contributed by atoms with Crippen LogP contribution in [0.1, 0.15) is 0 Å². The fraction of sp³-hybridized carbons (Fsp3) is 0.111. The van der Waals surface area contributed by atoms with Crippen LogP contribution in [0.5, 0.6) is 0 Å². The summed E-state index contributed by atoms with van der Waals surface area (Å²) in [5.41, 5.74) is 2.69. The van der Waals surface area contributed by atoms with E-state index in [-0.39, 0.29) is 0 Å². The van der Waals surface area contributed by atoms with Gasteiger partial charge in [0, 0.05) is 24.3 Å². The third-order valence-corrected chi connectivity index (χ3v) is 3.92. The van der Waals surface area contributed by atoms with Crippen molar-refractivity contribution in [3.8, 4) is 0 Å². The third-order valence-electron chi connectivity index (χ3n) is 3.39. The van der Waals surface area contributed by atoms with E-state index in [4.69, 9.17) is 0 Å². The van der Waals surface area contributed by atoms with Crippen molar-refractivity contribution in [3.05, 3.63) is 65.1 Å². The van der Waals surface area contributed by atoms with E-state index < -0.39 is 0 Å². The quantitative estimate of drug-likeness (QED) is 0.480. The largest absolute Gasteiger partial charge is 0.378 e. The maximum Gasteiger partial charge on any atom is 0.154 e. The Hall–Kier alpha value is -2.80. The first-order chi connectivity index (χ1) is 12.1. The molecule has 0 fully saturated rings. The number of nitrogens with one attached hydrogen (secondary N) is 1. The second kappa shape index (κ2) is 7.85. The number of aromatic amines is 1. The Morgan fingerprint density at radius 2 is 1.16 bits per heavy atom. The van der Waals surface area contributed by atoms with Crippen molar-refractivity contribution in [2.45, 2.75) is 0 Å². The van der Waals surface area contributed by atoms with E-state index in [2.05, 4.69) is 41.4 Å². The Kier molecular flexibility index (Phi) is 5.35. The molecule has 3 rings (SSSR count). The van der Waals surface area contributed by atoms with Crippen molar-refractivity contribution in [3.63, 3.8) is 0 Å². The monoisotopic (exact) mass is 396 g/mol. The van der Waals surface area contributed by atoms with Crippen LogP contribution in [0.2, 0.25) is 0 Å². The lowest BCUT2D eigenvalue weighted by atomic mass is 10.3. The summed E-state index contributed by atoms with van der Waals surface area (Å²) >= 11 is 3.39. The number of aromatic nitrogens is 1. The Labute approximate surface area is 154 Å². The summed E-state index contributed by atoms with van der Waals surface area (Å²) in [6.45, 7) is 0. The molecule has 0 bridgehead atoms. The summed E-state index contributed by atoms with van der Waals surface area (Å²) in [7, 11) is 4.00. The minimum absolute atomic E-state index is 0.625. The van der Waals surface area contributed by atoms with E-state index in [9.17, 15) is 0 Å². The van der Waals surface area contributed by atoms with Gasteiger partial charge in [0.25, 0.3) is 0 Å². The average molecular weight is 397 g/mol. The van der Waals surface area contributed by atoms with Gasteiger partial charge in [-0.3, -0.25) is 0 Å². The zero-order valence-electron chi connectivity index (χ0n) is 13.9. The molecule has 0 atom stereocenters. The molecular formula is C18H17BrN6. The van der Waals surface area contributed by atoms with Crippen LogP contribution in [-0.2, 0) is 0 Å². The van der Waals surface area contributed by atoms with Crippen molar-refractivity contribution in [1.82, 2.24) is 4.98 Å². The van der Waals surface area contributed by atoms with Crippen LogP contribution in [0.3, 0.4) is 0 Å². The van der Waals surface area contributed by atoms with Crippen LogP contribution in [0.25, 0.3) is 0 Å². The predicted molar refractivity (Wildman–Crippen MR) is 104 cm³/mol. The van der Waals surface area contributed by atoms with E-state index in [1.165, 1.54) is 0 Å². The first kappa shape index (κ1) is 17.0. The molecule has 1 N–H and O–H groups in total. The number of hydrogen-bond acceptors (Lipinski definition) is 5. The molecular weight excluding hydrogens is 380 g/mol. The Balaban J connectivity index is 1.65. The predicted octanol–water partition coefficient (Wildman–Crippen LogP) is 6.67. The molecule has 126 valence electrons. The molecule has 6 nitrogen and oxygen atoms in total. The standard InChI is InChI=1S/C18H17BrN6/c1-25(2)16-9-7-15(8-10-16)22-24-18-12-11-17(20-18)23-21-14-5-3-13(19)4-6-14/h3-12,20H,1-2H3. The topological polar surface area (TPSA) is 68.5 Å². The number of nitrogens with zero attached hydrogens (tertiary/aromatic N) is 5. The second-order valence-corrected chi connectivity index (χ2v) is 6.43. The number of hydrogen-bond donors (Lipinski definition) is 1. The molecule has 0 aliphatic heterocycles. The van der Waals surface area contributed by atoms with Crippen LogP contribution in [0.4, 0.5) is 28.7 Å². The van der Waals surface area contributed by atoms with Gasteiger partial charge in [-0.2, -0.15) is 0 Å². The van der Waals surface area contributed by atoms with Gasteiger partial charge in [-0.25, -0.2) is 0 Å². The number of rotatable bonds is 5. The van der Waals surface area contributed by atoms with Crippen LogP contribution in [-0.4, -0.2) is 19.1 Å². The molecule has 0 radical (unpaired) electrons. The van der Waals surface area contributed by atoms with E-state index in [0.29, 0.717) is 11.6 Å². The van der Waals surface area contributed by atoms with Crippen LogP contribution >= 0.6 is 15.9 Å². The van der Waals surface area contributed by atoms with Crippen molar-refractivity contribution < 1.29 is 0 Å². The molecule has 25 heavy (non-hydrogen) atoms. The maximum atomic E-state index is 4.22. The highest BCUT2D eigenvalue weighted by molar-refractivity contribution is 9.10. The van der Waals surface area contributed by atoms with Crippen molar-refractivity contribution in [1.29, 1.82) is 0 Å². The van der Waals surface area contributed by atoms with Crippen molar-refractivity contribution >= 4 is 44.6 Å². The number of anilines is 1. The van der Waals surface area contributed by atoms with E-state index in [0.717, 1.165) is 21.5 Å². The summed E-state index contributed by atoms with van der Waals surface area (Å²) in [5.74, 6) is 1.25. The molecule has 1 aromatic heterocycles. The van der Waals surface area contributed by atoms with Gasteiger partial charge in [0.15, 0.2) is 11.6 Å². The van der Waals surface area contributed by atoms with Crippen LogP contribution in [0, 0.1) is 0 Å².